The van der Waals surface area contributed by atoms with E-state index < -0.39 is 11.6 Å². The van der Waals surface area contributed by atoms with Crippen LogP contribution in [0.25, 0.3) is 0 Å². The number of benzene rings is 2. The van der Waals surface area contributed by atoms with Crippen LogP contribution in [0.3, 0.4) is 0 Å². The summed E-state index contributed by atoms with van der Waals surface area (Å²) in [7, 11) is 1.74. The Balaban J connectivity index is 2.12. The summed E-state index contributed by atoms with van der Waals surface area (Å²) < 4.78 is 5.87. The molecule has 0 aromatic heterocycles. The quantitative estimate of drug-likeness (QED) is 0.321. The summed E-state index contributed by atoms with van der Waals surface area (Å²) >= 11 is 0. The van der Waals surface area contributed by atoms with Crippen LogP contribution in [0.1, 0.15) is 37.8 Å². The molecule has 0 saturated carbocycles. The standard InChI is InChI=1S/C26H37N5O2/c1-26(2,28)25(32)31-23(19-33-18-21-12-8-5-9-13-21)24(27)30-22(16-17-29-3)15-14-20-10-6-4-7-11-20/h4-13,17,22-23H,14-16,18-19,28H2,1-3H3,(H2,27,30)(H,31,32)/t22?,23-/m1/s1. The number of ether oxygens (including phenoxy) is 1. The minimum Gasteiger partial charge on any atom is -0.386 e. The molecule has 5 N–H and O–H groups in total. The van der Waals surface area contributed by atoms with Crippen LogP contribution in [0.2, 0.25) is 0 Å². The lowest BCUT2D eigenvalue weighted by molar-refractivity contribution is -0.125. The van der Waals surface area contributed by atoms with Crippen molar-refractivity contribution in [2.45, 2.75) is 57.3 Å². The summed E-state index contributed by atoms with van der Waals surface area (Å²) in [5, 5.41) is 2.90. The van der Waals surface area contributed by atoms with Crippen LogP contribution < -0.4 is 16.8 Å². The second kappa shape index (κ2) is 13.5. The van der Waals surface area contributed by atoms with Gasteiger partial charge in [-0.3, -0.25) is 9.79 Å². The van der Waals surface area contributed by atoms with Gasteiger partial charge in [-0.1, -0.05) is 60.7 Å². The molecule has 33 heavy (non-hydrogen) atoms. The third-order valence-corrected chi connectivity index (χ3v) is 5.14. The van der Waals surface area contributed by atoms with E-state index in [9.17, 15) is 4.79 Å². The number of nitrogens with zero attached hydrogens (tertiary/aromatic N) is 2. The van der Waals surface area contributed by atoms with Crippen LogP contribution in [0.4, 0.5) is 0 Å². The molecule has 0 radical (unpaired) electrons. The molecule has 0 aliphatic carbocycles. The number of hydrogen-bond acceptors (Lipinski definition) is 5. The zero-order valence-electron chi connectivity index (χ0n) is 19.9. The van der Waals surface area contributed by atoms with E-state index in [2.05, 4.69) is 22.4 Å². The van der Waals surface area contributed by atoms with E-state index in [4.69, 9.17) is 21.2 Å². The van der Waals surface area contributed by atoms with Gasteiger partial charge in [-0.2, -0.15) is 0 Å². The Labute approximate surface area is 197 Å². The van der Waals surface area contributed by atoms with Crippen LogP contribution in [-0.2, 0) is 22.6 Å². The molecule has 7 nitrogen and oxygen atoms in total. The highest BCUT2D eigenvalue weighted by Gasteiger charge is 2.26. The third kappa shape index (κ3) is 9.97. The fraction of sp³-hybridized carbons (Fsp3) is 0.423. The lowest BCUT2D eigenvalue weighted by Gasteiger charge is -2.25. The number of rotatable bonds is 13. The Morgan fingerprint density at radius 3 is 2.27 bits per heavy atom. The molecule has 1 amide bonds. The first kappa shape index (κ1) is 26.2. The van der Waals surface area contributed by atoms with Crippen molar-refractivity contribution in [3.05, 3.63) is 71.8 Å². The summed E-state index contributed by atoms with van der Waals surface area (Å²) in [6.45, 7) is 3.90. The molecule has 0 heterocycles. The topological polar surface area (TPSA) is 115 Å². The lowest BCUT2D eigenvalue weighted by Crippen LogP contribution is -2.56. The van der Waals surface area contributed by atoms with Gasteiger partial charge in [0.2, 0.25) is 5.91 Å². The molecule has 2 atom stereocenters. The van der Waals surface area contributed by atoms with Crippen LogP contribution >= 0.6 is 0 Å². The van der Waals surface area contributed by atoms with Crippen molar-refractivity contribution < 1.29 is 9.53 Å². The van der Waals surface area contributed by atoms with Crippen molar-refractivity contribution in [2.75, 3.05) is 13.7 Å². The van der Waals surface area contributed by atoms with E-state index in [0.717, 1.165) is 18.4 Å². The van der Waals surface area contributed by atoms with Gasteiger partial charge >= 0.3 is 0 Å². The monoisotopic (exact) mass is 451 g/mol. The maximum atomic E-state index is 12.6. The van der Waals surface area contributed by atoms with Gasteiger partial charge in [0, 0.05) is 19.7 Å². The second-order valence-electron chi connectivity index (χ2n) is 8.66. The molecular formula is C26H37N5O2. The molecule has 0 spiro atoms. The number of aryl methyl sites for hydroxylation is 1. The first-order valence-corrected chi connectivity index (χ1v) is 11.3. The fourth-order valence-corrected chi connectivity index (χ4v) is 3.16. The molecule has 0 aliphatic rings. The van der Waals surface area contributed by atoms with Gasteiger partial charge in [-0.25, -0.2) is 0 Å². The molecule has 2 aromatic carbocycles. The molecule has 0 fully saturated rings. The number of amides is 1. The number of hydrogen-bond donors (Lipinski definition) is 3. The van der Waals surface area contributed by atoms with Crippen molar-refractivity contribution >= 4 is 18.0 Å². The number of amidine groups is 1. The Bertz CT molecular complexity index is 892. The SMILES string of the molecule is CN=CCC(CCc1ccccc1)N=C(N)[C@@H](COCc1ccccc1)NC(=O)C(C)(C)N. The van der Waals surface area contributed by atoms with Gasteiger partial charge in [0.25, 0.3) is 0 Å². The van der Waals surface area contributed by atoms with E-state index in [0.29, 0.717) is 18.9 Å². The van der Waals surface area contributed by atoms with Gasteiger partial charge in [0.05, 0.1) is 24.8 Å². The van der Waals surface area contributed by atoms with E-state index >= 15 is 0 Å². The van der Waals surface area contributed by atoms with E-state index in [-0.39, 0.29) is 18.6 Å². The first-order valence-electron chi connectivity index (χ1n) is 11.3. The van der Waals surface area contributed by atoms with E-state index in [1.54, 1.807) is 20.9 Å². The normalized spacial score (nSPS) is 14.2. The number of carbonyl (C=O) groups excluding carboxylic acids is 1. The molecule has 0 bridgehead atoms. The third-order valence-electron chi connectivity index (χ3n) is 5.14. The molecule has 1 unspecified atom stereocenters. The van der Waals surface area contributed by atoms with Gasteiger partial charge in [0.15, 0.2) is 0 Å². The van der Waals surface area contributed by atoms with Crippen LogP contribution in [-0.4, -0.2) is 49.2 Å². The summed E-state index contributed by atoms with van der Waals surface area (Å²) in [6, 6.07) is 19.4. The Morgan fingerprint density at radius 1 is 1.09 bits per heavy atom. The fourth-order valence-electron chi connectivity index (χ4n) is 3.16. The van der Waals surface area contributed by atoms with Crippen molar-refractivity contribution in [1.82, 2.24) is 5.32 Å². The highest BCUT2D eigenvalue weighted by Crippen LogP contribution is 2.11. The second-order valence-corrected chi connectivity index (χ2v) is 8.66. The van der Waals surface area contributed by atoms with Crippen molar-refractivity contribution in [3.63, 3.8) is 0 Å². The average Bonchev–Trinajstić information content (AvgIpc) is 2.80. The molecule has 7 heteroatoms. The van der Waals surface area contributed by atoms with Gasteiger partial charge < -0.3 is 26.5 Å². The average molecular weight is 452 g/mol. The number of nitrogens with one attached hydrogen (secondary N) is 1. The number of carbonyl (C=O) groups is 1. The minimum absolute atomic E-state index is 0.0617. The molecule has 178 valence electrons. The zero-order valence-corrected chi connectivity index (χ0v) is 19.9. The molecule has 0 aliphatic heterocycles. The van der Waals surface area contributed by atoms with Crippen molar-refractivity contribution in [1.29, 1.82) is 0 Å². The summed E-state index contributed by atoms with van der Waals surface area (Å²) in [5.41, 5.74) is 13.6. The molecule has 2 aromatic rings. The maximum absolute atomic E-state index is 12.6. The Kier molecular flexibility index (Phi) is 10.7. The predicted molar refractivity (Wildman–Crippen MR) is 136 cm³/mol. The highest BCUT2D eigenvalue weighted by molar-refractivity contribution is 5.93. The smallest absolute Gasteiger partial charge is 0.240 e. The van der Waals surface area contributed by atoms with Crippen LogP contribution in [0, 0.1) is 0 Å². The summed E-state index contributed by atoms with van der Waals surface area (Å²) in [6.07, 6.45) is 4.19. The summed E-state index contributed by atoms with van der Waals surface area (Å²) in [4.78, 5) is 21.4. The van der Waals surface area contributed by atoms with Gasteiger partial charge in [-0.15, -0.1) is 0 Å². The Morgan fingerprint density at radius 2 is 1.70 bits per heavy atom. The van der Waals surface area contributed by atoms with Gasteiger partial charge in [-0.05, 0) is 37.8 Å². The molecule has 0 saturated heterocycles. The number of aliphatic imine (C=N–C) groups is 2. The number of nitrogens with two attached hydrogens (primary N) is 2. The molecule has 2 rings (SSSR count). The Hall–Kier alpha value is -3.03. The highest BCUT2D eigenvalue weighted by atomic mass is 16.5. The zero-order chi connectivity index (χ0) is 24.1. The van der Waals surface area contributed by atoms with Crippen LogP contribution in [0.5, 0.6) is 0 Å². The van der Waals surface area contributed by atoms with Gasteiger partial charge in [0.1, 0.15) is 11.9 Å². The van der Waals surface area contributed by atoms with Crippen molar-refractivity contribution in [3.8, 4) is 0 Å². The lowest BCUT2D eigenvalue weighted by atomic mass is 10.0. The predicted octanol–water partition coefficient (Wildman–Crippen LogP) is 2.87. The summed E-state index contributed by atoms with van der Waals surface area (Å²) in [5.74, 6) is 0.00754. The maximum Gasteiger partial charge on any atom is 0.240 e. The van der Waals surface area contributed by atoms with Crippen LogP contribution in [0.15, 0.2) is 70.6 Å². The largest absolute Gasteiger partial charge is 0.386 e. The van der Waals surface area contributed by atoms with E-state index in [1.165, 1.54) is 5.56 Å². The first-order chi connectivity index (χ1) is 15.8. The van der Waals surface area contributed by atoms with Crippen molar-refractivity contribution in [2.24, 2.45) is 21.5 Å². The van der Waals surface area contributed by atoms with E-state index in [1.807, 2.05) is 54.7 Å². The molecular weight excluding hydrogens is 414 g/mol. The minimum atomic E-state index is -1.04.